The molecule has 1 aliphatic rings. The zero-order valence-corrected chi connectivity index (χ0v) is 18.0. The fourth-order valence-corrected chi connectivity index (χ4v) is 3.64. The summed E-state index contributed by atoms with van der Waals surface area (Å²) < 4.78 is 10.7. The van der Waals surface area contributed by atoms with Crippen LogP contribution in [-0.4, -0.2) is 35.5 Å². The molecular weight excluding hydrogens is 436 g/mol. The van der Waals surface area contributed by atoms with E-state index in [-0.39, 0.29) is 23.3 Å². The number of para-hydroxylation sites is 1. The number of halogens is 1. The van der Waals surface area contributed by atoms with Crippen molar-refractivity contribution >= 4 is 52.6 Å². The number of rotatable bonds is 5. The second-order valence-electron chi connectivity index (χ2n) is 6.66. The fraction of sp³-hybridized carbons (Fsp3) is 0.0870. The topological polar surface area (TPSA) is 63.0 Å². The molecule has 0 spiro atoms. The quantitative estimate of drug-likeness (QED) is 0.316. The van der Waals surface area contributed by atoms with Crippen molar-refractivity contribution in [2.45, 2.75) is 0 Å². The van der Waals surface area contributed by atoms with E-state index >= 15 is 0 Å². The lowest BCUT2D eigenvalue weighted by atomic mass is 10.2. The molecule has 156 valence electrons. The second-order valence-corrected chi connectivity index (χ2v) is 7.46. The van der Waals surface area contributed by atoms with Crippen molar-refractivity contribution < 1.29 is 18.7 Å². The van der Waals surface area contributed by atoms with Gasteiger partial charge in [-0.05, 0) is 60.7 Å². The molecule has 1 saturated heterocycles. The average molecular weight is 453 g/mol. The molecule has 4 rings (SSSR count). The third kappa shape index (κ3) is 4.23. The predicted molar refractivity (Wildman–Crippen MR) is 122 cm³/mol. The van der Waals surface area contributed by atoms with Crippen molar-refractivity contribution in [1.82, 2.24) is 4.90 Å². The fourth-order valence-electron chi connectivity index (χ4n) is 3.17. The highest BCUT2D eigenvalue weighted by molar-refractivity contribution is 7.80. The minimum Gasteiger partial charge on any atom is -0.468 e. The van der Waals surface area contributed by atoms with Gasteiger partial charge in [-0.25, -0.2) is 0 Å². The smallest absolute Gasteiger partial charge is 0.325 e. The molecule has 8 heteroatoms. The standard InChI is InChI=1S/C23H17ClN2O4S/c1-29-21(27)14-25-19(22(28)26(23(25)31)17-5-3-2-4-6-17)13-18-11-12-20(30-18)15-7-9-16(24)10-8-15/h2-13H,14H2,1H3. The van der Waals surface area contributed by atoms with Crippen LogP contribution >= 0.6 is 23.8 Å². The zero-order valence-electron chi connectivity index (χ0n) is 16.4. The van der Waals surface area contributed by atoms with E-state index in [2.05, 4.69) is 0 Å². The Labute approximate surface area is 189 Å². The van der Waals surface area contributed by atoms with Crippen LogP contribution in [0.2, 0.25) is 5.02 Å². The molecule has 0 saturated carbocycles. The summed E-state index contributed by atoms with van der Waals surface area (Å²) in [5.41, 5.74) is 1.67. The minimum absolute atomic E-state index is 0.192. The molecule has 2 aromatic carbocycles. The van der Waals surface area contributed by atoms with E-state index in [9.17, 15) is 9.59 Å². The summed E-state index contributed by atoms with van der Waals surface area (Å²) in [6.45, 7) is -0.193. The van der Waals surface area contributed by atoms with Crippen molar-refractivity contribution in [2.75, 3.05) is 18.6 Å². The number of hydrogen-bond donors (Lipinski definition) is 0. The van der Waals surface area contributed by atoms with Gasteiger partial charge < -0.3 is 14.1 Å². The maximum Gasteiger partial charge on any atom is 0.325 e. The van der Waals surface area contributed by atoms with Gasteiger partial charge in [-0.3, -0.25) is 14.5 Å². The predicted octanol–water partition coefficient (Wildman–Crippen LogP) is 4.75. The van der Waals surface area contributed by atoms with Crippen molar-refractivity contribution in [3.05, 3.63) is 83.2 Å². The highest BCUT2D eigenvalue weighted by Crippen LogP contribution is 2.30. The third-order valence-electron chi connectivity index (χ3n) is 4.70. The van der Waals surface area contributed by atoms with Crippen LogP contribution in [-0.2, 0) is 14.3 Å². The molecule has 1 aromatic heterocycles. The Morgan fingerprint density at radius 3 is 2.48 bits per heavy atom. The first-order valence-corrected chi connectivity index (χ1v) is 10.1. The number of methoxy groups -OCH3 is 1. The summed E-state index contributed by atoms with van der Waals surface area (Å²) in [5, 5.41) is 0.819. The van der Waals surface area contributed by atoms with Gasteiger partial charge in [0.2, 0.25) is 0 Å². The van der Waals surface area contributed by atoms with Gasteiger partial charge in [0.15, 0.2) is 5.11 Å². The largest absolute Gasteiger partial charge is 0.468 e. The molecule has 0 bridgehead atoms. The third-order valence-corrected chi connectivity index (χ3v) is 5.35. The zero-order chi connectivity index (χ0) is 22.0. The molecule has 0 atom stereocenters. The number of thiocarbonyl (C=S) groups is 1. The summed E-state index contributed by atoms with van der Waals surface area (Å²) >= 11 is 11.5. The number of carbonyl (C=O) groups excluding carboxylic acids is 2. The normalized spacial score (nSPS) is 15.1. The van der Waals surface area contributed by atoms with E-state index in [1.807, 2.05) is 30.3 Å². The van der Waals surface area contributed by atoms with Gasteiger partial charge in [-0.2, -0.15) is 0 Å². The molecule has 0 N–H and O–H groups in total. The SMILES string of the molecule is COC(=O)CN1C(=S)N(c2ccccc2)C(=O)C1=Cc1ccc(-c2ccc(Cl)cc2)o1. The van der Waals surface area contributed by atoms with Crippen LogP contribution in [0.3, 0.4) is 0 Å². The van der Waals surface area contributed by atoms with Gasteiger partial charge in [0.05, 0.1) is 12.8 Å². The van der Waals surface area contributed by atoms with Gasteiger partial charge in [0.25, 0.3) is 5.91 Å². The molecule has 2 heterocycles. The number of ether oxygens (including phenoxy) is 1. The van der Waals surface area contributed by atoms with E-state index in [1.54, 1.807) is 42.5 Å². The molecule has 1 fully saturated rings. The van der Waals surface area contributed by atoms with Gasteiger partial charge in [0.1, 0.15) is 23.8 Å². The van der Waals surface area contributed by atoms with E-state index in [0.717, 1.165) is 5.56 Å². The number of nitrogens with zero attached hydrogens (tertiary/aromatic N) is 2. The van der Waals surface area contributed by atoms with Gasteiger partial charge in [0, 0.05) is 16.7 Å². The van der Waals surface area contributed by atoms with Crippen LogP contribution in [0.4, 0.5) is 5.69 Å². The van der Waals surface area contributed by atoms with Crippen LogP contribution < -0.4 is 4.90 Å². The van der Waals surface area contributed by atoms with Crippen molar-refractivity contribution in [3.8, 4) is 11.3 Å². The summed E-state index contributed by atoms with van der Waals surface area (Å²) in [6.07, 6.45) is 1.57. The lowest BCUT2D eigenvalue weighted by molar-refractivity contribution is -0.140. The highest BCUT2D eigenvalue weighted by atomic mass is 35.5. The lowest BCUT2D eigenvalue weighted by Crippen LogP contribution is -2.35. The molecule has 1 aliphatic heterocycles. The molecule has 6 nitrogen and oxygen atoms in total. The Balaban J connectivity index is 1.71. The number of furan rings is 1. The van der Waals surface area contributed by atoms with Crippen LogP contribution in [0.15, 0.2) is 76.8 Å². The van der Waals surface area contributed by atoms with E-state index in [1.165, 1.54) is 16.9 Å². The van der Waals surface area contributed by atoms with Crippen molar-refractivity contribution in [3.63, 3.8) is 0 Å². The van der Waals surface area contributed by atoms with Crippen LogP contribution in [0.25, 0.3) is 17.4 Å². The van der Waals surface area contributed by atoms with Crippen molar-refractivity contribution in [2.24, 2.45) is 0 Å². The van der Waals surface area contributed by atoms with E-state index < -0.39 is 5.97 Å². The molecule has 0 unspecified atom stereocenters. The Kier molecular flexibility index (Phi) is 5.88. The average Bonchev–Trinajstić information content (AvgIpc) is 3.33. The van der Waals surface area contributed by atoms with Crippen LogP contribution in [0.1, 0.15) is 5.76 Å². The van der Waals surface area contributed by atoms with Gasteiger partial charge in [-0.15, -0.1) is 0 Å². The number of benzene rings is 2. The summed E-state index contributed by atoms with van der Waals surface area (Å²) in [5.74, 6) is 0.193. The Morgan fingerprint density at radius 1 is 1.10 bits per heavy atom. The highest BCUT2D eigenvalue weighted by Gasteiger charge is 2.40. The number of carbonyl (C=O) groups is 2. The second kappa shape index (κ2) is 8.75. The van der Waals surface area contributed by atoms with Crippen molar-refractivity contribution in [1.29, 1.82) is 0 Å². The molecule has 1 amide bonds. The Hall–Kier alpha value is -3.42. The monoisotopic (exact) mass is 452 g/mol. The maximum atomic E-state index is 13.2. The first kappa shape index (κ1) is 20.8. The van der Waals surface area contributed by atoms with Crippen LogP contribution in [0, 0.1) is 0 Å². The van der Waals surface area contributed by atoms with Crippen LogP contribution in [0.5, 0.6) is 0 Å². The summed E-state index contributed by atoms with van der Waals surface area (Å²) in [7, 11) is 1.28. The van der Waals surface area contributed by atoms with E-state index in [4.69, 9.17) is 33.0 Å². The molecule has 31 heavy (non-hydrogen) atoms. The Morgan fingerprint density at radius 2 is 1.81 bits per heavy atom. The summed E-state index contributed by atoms with van der Waals surface area (Å²) in [4.78, 5) is 28.0. The molecule has 0 aliphatic carbocycles. The Bertz CT molecular complexity index is 1170. The lowest BCUT2D eigenvalue weighted by Gasteiger charge is -2.19. The minimum atomic E-state index is -0.516. The first-order chi connectivity index (χ1) is 15.0. The van der Waals surface area contributed by atoms with E-state index in [0.29, 0.717) is 22.2 Å². The van der Waals surface area contributed by atoms with Gasteiger partial charge in [-0.1, -0.05) is 29.8 Å². The summed E-state index contributed by atoms with van der Waals surface area (Å²) in [6, 6.07) is 19.8. The molecular formula is C23H17ClN2O4S. The molecule has 3 aromatic rings. The van der Waals surface area contributed by atoms with Gasteiger partial charge >= 0.3 is 5.97 Å². The number of anilines is 1. The maximum absolute atomic E-state index is 13.2. The molecule has 0 radical (unpaired) electrons. The number of hydrogen-bond acceptors (Lipinski definition) is 5. The first-order valence-electron chi connectivity index (χ1n) is 9.33. The number of esters is 1. The number of amides is 1.